The first-order chi connectivity index (χ1) is 10.2. The molecule has 3 nitrogen and oxygen atoms in total. The van der Waals surface area contributed by atoms with Crippen molar-refractivity contribution in [2.24, 2.45) is 0 Å². The van der Waals surface area contributed by atoms with Gasteiger partial charge in [-0.15, -0.1) is 0 Å². The molecule has 3 rings (SSSR count). The fourth-order valence-corrected chi connectivity index (χ4v) is 2.82. The van der Waals surface area contributed by atoms with Crippen LogP contribution in [0.2, 0.25) is 0 Å². The molecule has 0 unspecified atom stereocenters. The standard InChI is InChI=1S/C17H18FNO2/c1-21-17(9-4-10-17)11-19-16(20)14-7-8-15(18)13-6-3-2-5-12(13)14/h2-3,5-8H,4,9-11H2,1H3,(H,19,20). The Balaban J connectivity index is 1.83. The van der Waals surface area contributed by atoms with Crippen LogP contribution in [0.25, 0.3) is 10.8 Å². The molecule has 1 saturated carbocycles. The largest absolute Gasteiger partial charge is 0.376 e. The second-order valence-corrected chi connectivity index (χ2v) is 5.56. The third-order valence-electron chi connectivity index (χ3n) is 4.38. The van der Waals surface area contributed by atoms with Crippen LogP contribution >= 0.6 is 0 Å². The number of ether oxygens (including phenoxy) is 1. The topological polar surface area (TPSA) is 38.3 Å². The second-order valence-electron chi connectivity index (χ2n) is 5.56. The Morgan fingerprint density at radius 1 is 1.24 bits per heavy atom. The smallest absolute Gasteiger partial charge is 0.252 e. The molecule has 1 aliphatic rings. The van der Waals surface area contributed by atoms with E-state index in [1.54, 1.807) is 31.4 Å². The highest BCUT2D eigenvalue weighted by Gasteiger charge is 2.37. The molecule has 1 amide bonds. The minimum atomic E-state index is -0.311. The summed E-state index contributed by atoms with van der Waals surface area (Å²) in [6.45, 7) is 0.494. The Morgan fingerprint density at radius 3 is 2.57 bits per heavy atom. The maximum atomic E-state index is 13.8. The average molecular weight is 287 g/mol. The van der Waals surface area contributed by atoms with Crippen LogP contribution in [0.5, 0.6) is 0 Å². The van der Waals surface area contributed by atoms with Gasteiger partial charge in [0.15, 0.2) is 0 Å². The molecule has 110 valence electrons. The number of methoxy groups -OCH3 is 1. The van der Waals surface area contributed by atoms with Crippen LogP contribution < -0.4 is 5.32 Å². The van der Waals surface area contributed by atoms with E-state index in [0.717, 1.165) is 19.3 Å². The molecular formula is C17H18FNO2. The Bertz CT molecular complexity index is 674. The summed E-state index contributed by atoms with van der Waals surface area (Å²) in [5.74, 6) is -0.496. The molecule has 2 aromatic rings. The van der Waals surface area contributed by atoms with E-state index in [-0.39, 0.29) is 17.3 Å². The Labute approximate surface area is 123 Å². The molecule has 1 fully saturated rings. The molecule has 0 heterocycles. The fourth-order valence-electron chi connectivity index (χ4n) is 2.82. The summed E-state index contributed by atoms with van der Waals surface area (Å²) >= 11 is 0. The van der Waals surface area contributed by atoms with Crippen molar-refractivity contribution in [3.63, 3.8) is 0 Å². The second kappa shape index (κ2) is 5.45. The maximum Gasteiger partial charge on any atom is 0.252 e. The lowest BCUT2D eigenvalue weighted by atomic mass is 9.80. The molecule has 0 saturated heterocycles. The zero-order valence-electron chi connectivity index (χ0n) is 12.0. The summed E-state index contributed by atoms with van der Waals surface area (Å²) in [5, 5.41) is 4.02. The van der Waals surface area contributed by atoms with Gasteiger partial charge in [0, 0.05) is 24.6 Å². The summed E-state index contributed by atoms with van der Waals surface area (Å²) in [6, 6.07) is 9.90. The highest BCUT2D eigenvalue weighted by molar-refractivity contribution is 6.07. The van der Waals surface area contributed by atoms with Crippen molar-refractivity contribution in [2.75, 3.05) is 13.7 Å². The van der Waals surface area contributed by atoms with Gasteiger partial charge in [-0.25, -0.2) is 4.39 Å². The summed E-state index contributed by atoms with van der Waals surface area (Å²) < 4.78 is 19.3. The third-order valence-corrected chi connectivity index (χ3v) is 4.38. The van der Waals surface area contributed by atoms with Gasteiger partial charge in [-0.3, -0.25) is 4.79 Å². The summed E-state index contributed by atoms with van der Waals surface area (Å²) in [6.07, 6.45) is 3.06. The van der Waals surface area contributed by atoms with E-state index >= 15 is 0 Å². The van der Waals surface area contributed by atoms with E-state index in [4.69, 9.17) is 4.74 Å². The van der Waals surface area contributed by atoms with Gasteiger partial charge >= 0.3 is 0 Å². The van der Waals surface area contributed by atoms with Crippen LogP contribution in [-0.2, 0) is 4.74 Å². The van der Waals surface area contributed by atoms with Crippen LogP contribution in [0.1, 0.15) is 29.6 Å². The van der Waals surface area contributed by atoms with Crippen molar-refractivity contribution in [1.82, 2.24) is 5.32 Å². The quantitative estimate of drug-likeness (QED) is 0.937. The normalized spacial score (nSPS) is 16.5. The lowest BCUT2D eigenvalue weighted by Crippen LogP contribution is -2.49. The molecular weight excluding hydrogens is 269 g/mol. The number of hydrogen-bond acceptors (Lipinski definition) is 2. The van der Waals surface area contributed by atoms with Crippen LogP contribution in [0.15, 0.2) is 36.4 Å². The number of rotatable bonds is 4. The predicted molar refractivity (Wildman–Crippen MR) is 79.8 cm³/mol. The molecule has 0 spiro atoms. The SMILES string of the molecule is COC1(CNC(=O)c2ccc(F)c3ccccc23)CCC1. The first-order valence-electron chi connectivity index (χ1n) is 7.16. The molecule has 4 heteroatoms. The summed E-state index contributed by atoms with van der Waals surface area (Å²) in [7, 11) is 1.68. The number of carbonyl (C=O) groups excluding carboxylic acids is 1. The minimum absolute atomic E-state index is 0.186. The van der Waals surface area contributed by atoms with E-state index in [2.05, 4.69) is 5.32 Å². The average Bonchev–Trinajstić information content (AvgIpc) is 2.47. The molecule has 2 aromatic carbocycles. The van der Waals surface area contributed by atoms with E-state index < -0.39 is 0 Å². The summed E-state index contributed by atoms with van der Waals surface area (Å²) in [5.41, 5.74) is 0.281. The van der Waals surface area contributed by atoms with Crippen LogP contribution in [-0.4, -0.2) is 25.2 Å². The molecule has 0 atom stereocenters. The van der Waals surface area contributed by atoms with Crippen LogP contribution in [0.4, 0.5) is 4.39 Å². The monoisotopic (exact) mass is 287 g/mol. The number of carbonyl (C=O) groups is 1. The fraction of sp³-hybridized carbons (Fsp3) is 0.353. The van der Waals surface area contributed by atoms with Gasteiger partial charge in [-0.1, -0.05) is 24.3 Å². The van der Waals surface area contributed by atoms with Gasteiger partial charge in [0.1, 0.15) is 5.82 Å². The van der Waals surface area contributed by atoms with Crippen LogP contribution in [0, 0.1) is 5.82 Å². The first kappa shape index (κ1) is 14.0. The Morgan fingerprint density at radius 2 is 1.95 bits per heavy atom. The molecule has 0 radical (unpaired) electrons. The van der Waals surface area contributed by atoms with Crippen LogP contribution in [0.3, 0.4) is 0 Å². The number of benzene rings is 2. The van der Waals surface area contributed by atoms with Crippen molar-refractivity contribution >= 4 is 16.7 Å². The first-order valence-corrected chi connectivity index (χ1v) is 7.16. The zero-order chi connectivity index (χ0) is 14.9. The number of fused-ring (bicyclic) bond motifs is 1. The molecule has 1 N–H and O–H groups in total. The Hall–Kier alpha value is -1.94. The van der Waals surface area contributed by atoms with Crippen molar-refractivity contribution in [1.29, 1.82) is 0 Å². The van der Waals surface area contributed by atoms with Gasteiger partial charge in [-0.05, 0) is 36.8 Å². The van der Waals surface area contributed by atoms with Crippen molar-refractivity contribution < 1.29 is 13.9 Å². The zero-order valence-corrected chi connectivity index (χ0v) is 12.0. The highest BCUT2D eigenvalue weighted by atomic mass is 19.1. The molecule has 0 aromatic heterocycles. The number of nitrogens with one attached hydrogen (secondary N) is 1. The van der Waals surface area contributed by atoms with E-state index in [0.29, 0.717) is 22.9 Å². The van der Waals surface area contributed by atoms with E-state index in [1.807, 2.05) is 0 Å². The van der Waals surface area contributed by atoms with E-state index in [9.17, 15) is 9.18 Å². The number of halogens is 1. The van der Waals surface area contributed by atoms with Gasteiger partial charge in [-0.2, -0.15) is 0 Å². The summed E-state index contributed by atoms with van der Waals surface area (Å²) in [4.78, 5) is 12.4. The maximum absolute atomic E-state index is 13.8. The lowest BCUT2D eigenvalue weighted by molar-refractivity contribution is -0.0679. The van der Waals surface area contributed by atoms with E-state index in [1.165, 1.54) is 12.1 Å². The Kier molecular flexibility index (Phi) is 3.64. The lowest BCUT2D eigenvalue weighted by Gasteiger charge is -2.40. The molecule has 0 bridgehead atoms. The molecule has 0 aliphatic heterocycles. The third kappa shape index (κ3) is 2.51. The van der Waals surface area contributed by atoms with Gasteiger partial charge in [0.2, 0.25) is 0 Å². The van der Waals surface area contributed by atoms with Crippen molar-refractivity contribution in [3.05, 3.63) is 47.8 Å². The number of amides is 1. The van der Waals surface area contributed by atoms with Gasteiger partial charge < -0.3 is 10.1 Å². The van der Waals surface area contributed by atoms with Crippen molar-refractivity contribution in [2.45, 2.75) is 24.9 Å². The molecule has 1 aliphatic carbocycles. The highest BCUT2D eigenvalue weighted by Crippen LogP contribution is 2.34. The number of hydrogen-bond donors (Lipinski definition) is 1. The van der Waals surface area contributed by atoms with Crippen molar-refractivity contribution in [3.8, 4) is 0 Å². The molecule has 21 heavy (non-hydrogen) atoms. The predicted octanol–water partition coefficient (Wildman–Crippen LogP) is 3.28. The minimum Gasteiger partial charge on any atom is -0.376 e. The van der Waals surface area contributed by atoms with Gasteiger partial charge in [0.25, 0.3) is 5.91 Å². The van der Waals surface area contributed by atoms with Gasteiger partial charge in [0.05, 0.1) is 5.60 Å².